The maximum Gasteiger partial charge on any atom is 0.240 e. The van der Waals surface area contributed by atoms with Crippen molar-refractivity contribution in [2.45, 2.75) is 31.3 Å². The number of likely N-dealkylation sites (tertiary alicyclic amines) is 1. The monoisotopic (exact) mass is 223 g/mol. The lowest BCUT2D eigenvalue weighted by Crippen LogP contribution is -2.45. The molecule has 5 heteroatoms. The predicted molar refractivity (Wildman–Crippen MR) is 59.2 cm³/mol. The molecule has 1 fully saturated rings. The lowest BCUT2D eigenvalue weighted by atomic mass is 10.1. The van der Waals surface area contributed by atoms with E-state index < -0.39 is 11.9 Å². The number of carbonyl (C=O) groups is 2. The quantitative estimate of drug-likeness (QED) is 0.610. The van der Waals surface area contributed by atoms with Gasteiger partial charge in [-0.2, -0.15) is 0 Å². The molecular formula is C11H17N3O2. The van der Waals surface area contributed by atoms with Crippen LogP contribution in [0.25, 0.3) is 0 Å². The fraction of sp³-hybridized carbons (Fsp3) is 0.636. The third-order valence-corrected chi connectivity index (χ3v) is 3.30. The summed E-state index contributed by atoms with van der Waals surface area (Å²) in [6.45, 7) is 0.631. The molecule has 3 unspecified atom stereocenters. The third kappa shape index (κ3) is 1.95. The minimum Gasteiger partial charge on any atom is -0.368 e. The van der Waals surface area contributed by atoms with E-state index in [1.807, 2.05) is 12.2 Å². The highest BCUT2D eigenvalue weighted by Gasteiger charge is 2.36. The van der Waals surface area contributed by atoms with Crippen LogP contribution in [0.3, 0.4) is 0 Å². The Bertz CT molecular complexity index is 340. The smallest absolute Gasteiger partial charge is 0.240 e. The van der Waals surface area contributed by atoms with Gasteiger partial charge in [-0.15, -0.1) is 0 Å². The molecule has 0 aromatic heterocycles. The molecule has 1 aliphatic carbocycles. The second-order valence-corrected chi connectivity index (χ2v) is 4.48. The van der Waals surface area contributed by atoms with Crippen LogP contribution in [-0.4, -0.2) is 35.3 Å². The van der Waals surface area contributed by atoms with E-state index in [-0.39, 0.29) is 17.9 Å². The average Bonchev–Trinajstić information content (AvgIpc) is 2.84. The first-order chi connectivity index (χ1) is 7.59. The Morgan fingerprint density at radius 3 is 2.62 bits per heavy atom. The minimum absolute atomic E-state index is 0.00880. The van der Waals surface area contributed by atoms with Crippen molar-refractivity contribution in [2.75, 3.05) is 6.54 Å². The Morgan fingerprint density at radius 1 is 1.31 bits per heavy atom. The number of nitrogens with two attached hydrogens (primary N) is 2. The SMILES string of the molecule is NC(=O)C1CCCN1C(=O)C1C=CC(N)C1. The highest BCUT2D eigenvalue weighted by atomic mass is 16.2. The summed E-state index contributed by atoms with van der Waals surface area (Å²) in [7, 11) is 0. The zero-order valence-electron chi connectivity index (χ0n) is 9.13. The summed E-state index contributed by atoms with van der Waals surface area (Å²) >= 11 is 0. The standard InChI is InChI=1S/C11H17N3O2/c12-8-4-3-7(6-8)11(16)14-5-1-2-9(14)10(13)15/h3-4,7-9H,1-2,5-6,12H2,(H2,13,15). The second-order valence-electron chi connectivity index (χ2n) is 4.48. The van der Waals surface area contributed by atoms with Crippen molar-refractivity contribution in [3.8, 4) is 0 Å². The van der Waals surface area contributed by atoms with Crippen molar-refractivity contribution < 1.29 is 9.59 Å². The Hall–Kier alpha value is -1.36. The van der Waals surface area contributed by atoms with E-state index in [1.54, 1.807) is 4.90 Å². The first-order valence-corrected chi connectivity index (χ1v) is 5.63. The Balaban J connectivity index is 2.04. The van der Waals surface area contributed by atoms with E-state index in [0.29, 0.717) is 19.4 Å². The molecular weight excluding hydrogens is 206 g/mol. The van der Waals surface area contributed by atoms with Crippen LogP contribution in [0.1, 0.15) is 19.3 Å². The number of rotatable bonds is 2. The lowest BCUT2D eigenvalue weighted by molar-refractivity contribution is -0.139. The highest BCUT2D eigenvalue weighted by Crippen LogP contribution is 2.24. The van der Waals surface area contributed by atoms with Crippen LogP contribution in [-0.2, 0) is 9.59 Å². The van der Waals surface area contributed by atoms with Crippen LogP contribution in [0.2, 0.25) is 0 Å². The van der Waals surface area contributed by atoms with Gasteiger partial charge in [-0.1, -0.05) is 12.2 Å². The Morgan fingerprint density at radius 2 is 2.06 bits per heavy atom. The molecule has 0 spiro atoms. The number of primary amides is 1. The fourth-order valence-electron chi connectivity index (χ4n) is 2.45. The van der Waals surface area contributed by atoms with E-state index in [9.17, 15) is 9.59 Å². The Kier molecular flexibility index (Phi) is 2.96. The van der Waals surface area contributed by atoms with Crippen molar-refractivity contribution in [1.82, 2.24) is 4.90 Å². The summed E-state index contributed by atoms with van der Waals surface area (Å²) in [5.41, 5.74) is 11.0. The van der Waals surface area contributed by atoms with Crippen LogP contribution in [0.5, 0.6) is 0 Å². The summed E-state index contributed by atoms with van der Waals surface area (Å²) < 4.78 is 0. The van der Waals surface area contributed by atoms with Crippen LogP contribution in [0, 0.1) is 5.92 Å². The van der Waals surface area contributed by atoms with Crippen molar-refractivity contribution in [3.05, 3.63) is 12.2 Å². The molecule has 1 aliphatic heterocycles. The zero-order chi connectivity index (χ0) is 11.7. The van der Waals surface area contributed by atoms with Crippen molar-refractivity contribution in [1.29, 1.82) is 0 Å². The van der Waals surface area contributed by atoms with Gasteiger partial charge in [0.2, 0.25) is 11.8 Å². The molecule has 2 amide bonds. The van der Waals surface area contributed by atoms with Gasteiger partial charge in [0.25, 0.3) is 0 Å². The van der Waals surface area contributed by atoms with Gasteiger partial charge >= 0.3 is 0 Å². The van der Waals surface area contributed by atoms with Gasteiger partial charge in [0, 0.05) is 12.6 Å². The first-order valence-electron chi connectivity index (χ1n) is 5.63. The maximum absolute atomic E-state index is 12.1. The normalized spacial score (nSPS) is 33.3. The van der Waals surface area contributed by atoms with Crippen LogP contribution < -0.4 is 11.5 Å². The molecule has 0 radical (unpaired) electrons. The van der Waals surface area contributed by atoms with Gasteiger partial charge in [0.05, 0.1) is 5.92 Å². The lowest BCUT2D eigenvalue weighted by Gasteiger charge is -2.24. The largest absolute Gasteiger partial charge is 0.368 e. The number of carbonyl (C=O) groups excluding carboxylic acids is 2. The van der Waals surface area contributed by atoms with Crippen LogP contribution in [0.4, 0.5) is 0 Å². The number of nitrogens with zero attached hydrogens (tertiary/aromatic N) is 1. The van der Waals surface area contributed by atoms with E-state index in [0.717, 1.165) is 6.42 Å². The van der Waals surface area contributed by atoms with Crippen molar-refractivity contribution in [3.63, 3.8) is 0 Å². The summed E-state index contributed by atoms with van der Waals surface area (Å²) in [6, 6.07) is -0.457. The van der Waals surface area contributed by atoms with Gasteiger partial charge in [-0.25, -0.2) is 0 Å². The molecule has 3 atom stereocenters. The van der Waals surface area contributed by atoms with E-state index >= 15 is 0 Å². The van der Waals surface area contributed by atoms with Crippen molar-refractivity contribution >= 4 is 11.8 Å². The third-order valence-electron chi connectivity index (χ3n) is 3.30. The van der Waals surface area contributed by atoms with Crippen LogP contribution in [0.15, 0.2) is 12.2 Å². The molecule has 1 heterocycles. The molecule has 2 rings (SSSR count). The number of amides is 2. The molecule has 5 nitrogen and oxygen atoms in total. The molecule has 2 aliphatic rings. The van der Waals surface area contributed by atoms with Gasteiger partial charge in [-0.3, -0.25) is 9.59 Å². The molecule has 0 aromatic rings. The first kappa shape index (κ1) is 11.1. The van der Waals surface area contributed by atoms with Gasteiger partial charge in [-0.05, 0) is 19.3 Å². The summed E-state index contributed by atoms with van der Waals surface area (Å²) in [6.07, 6.45) is 5.85. The maximum atomic E-state index is 12.1. The summed E-state index contributed by atoms with van der Waals surface area (Å²) in [5.74, 6) is -0.586. The van der Waals surface area contributed by atoms with Gasteiger partial charge < -0.3 is 16.4 Å². The number of hydrogen-bond acceptors (Lipinski definition) is 3. The molecule has 16 heavy (non-hydrogen) atoms. The molecule has 0 aromatic carbocycles. The Labute approximate surface area is 94.5 Å². The molecule has 4 N–H and O–H groups in total. The van der Waals surface area contributed by atoms with Gasteiger partial charge in [0.1, 0.15) is 6.04 Å². The average molecular weight is 223 g/mol. The van der Waals surface area contributed by atoms with Gasteiger partial charge in [0.15, 0.2) is 0 Å². The topological polar surface area (TPSA) is 89.4 Å². The minimum atomic E-state index is -0.419. The molecule has 88 valence electrons. The van der Waals surface area contributed by atoms with E-state index in [1.165, 1.54) is 0 Å². The zero-order valence-corrected chi connectivity index (χ0v) is 9.13. The van der Waals surface area contributed by atoms with E-state index in [4.69, 9.17) is 11.5 Å². The van der Waals surface area contributed by atoms with Crippen LogP contribution >= 0.6 is 0 Å². The summed E-state index contributed by atoms with van der Waals surface area (Å²) in [5, 5.41) is 0. The second kappa shape index (κ2) is 4.25. The summed E-state index contributed by atoms with van der Waals surface area (Å²) in [4.78, 5) is 24.9. The number of hydrogen-bond donors (Lipinski definition) is 2. The fourth-order valence-corrected chi connectivity index (χ4v) is 2.45. The molecule has 0 bridgehead atoms. The highest BCUT2D eigenvalue weighted by molar-refractivity contribution is 5.89. The predicted octanol–water partition coefficient (Wildman–Crippen LogP) is -0.634. The van der Waals surface area contributed by atoms with E-state index in [2.05, 4.69) is 0 Å². The van der Waals surface area contributed by atoms with Crippen molar-refractivity contribution in [2.24, 2.45) is 17.4 Å². The molecule has 1 saturated heterocycles. The molecule has 0 saturated carbocycles.